The Hall–Kier alpha value is -3.51. The first-order valence-corrected chi connectivity index (χ1v) is 14.3. The summed E-state index contributed by atoms with van der Waals surface area (Å²) in [5, 5.41) is 17.7. The van der Waals surface area contributed by atoms with Gasteiger partial charge in [0.2, 0.25) is 12.3 Å². The first kappa shape index (κ1) is 31.7. The van der Waals surface area contributed by atoms with Gasteiger partial charge >= 0.3 is 7.60 Å². The topological polar surface area (TPSA) is 199 Å². The van der Waals surface area contributed by atoms with Crippen LogP contribution in [0.1, 0.15) is 66.9 Å². The van der Waals surface area contributed by atoms with Crippen molar-refractivity contribution in [2.75, 3.05) is 13.0 Å². The van der Waals surface area contributed by atoms with Gasteiger partial charge < -0.3 is 30.2 Å². The number of furan rings is 1. The number of carbonyl (C=O) groups excluding carboxylic acids is 4. The van der Waals surface area contributed by atoms with Crippen molar-refractivity contribution < 1.29 is 43.2 Å². The molecule has 0 aliphatic heterocycles. The van der Waals surface area contributed by atoms with Gasteiger partial charge in [0.1, 0.15) is 12.0 Å². The predicted octanol–water partition coefficient (Wildman–Crippen LogP) is 2.44. The smallest absolute Gasteiger partial charge is 0.344 e. The van der Waals surface area contributed by atoms with E-state index in [1.165, 1.54) is 18.2 Å². The third-order valence-electron chi connectivity index (χ3n) is 6.00. The molecule has 14 heteroatoms. The van der Waals surface area contributed by atoms with Crippen molar-refractivity contribution in [3.05, 3.63) is 47.7 Å². The molecule has 2 unspecified atom stereocenters. The SMILES string of the molecule is CCCCCC(C(=O)NCNC(=O)c1ccc(-c2ccc(C(=O)NCP(=O)(O)O)cc2)o1)C(CC)N(O)C=O. The van der Waals surface area contributed by atoms with Crippen LogP contribution in [0, 0.1) is 5.92 Å². The molecule has 0 aliphatic rings. The highest BCUT2D eigenvalue weighted by Gasteiger charge is 2.30. The summed E-state index contributed by atoms with van der Waals surface area (Å²) in [6.45, 7) is 3.60. The number of hydrogen-bond donors (Lipinski definition) is 6. The zero-order valence-corrected chi connectivity index (χ0v) is 22.7. The monoisotopic (exact) mass is 566 g/mol. The Kier molecular flexibility index (Phi) is 12.3. The largest absolute Gasteiger partial charge is 0.451 e. The lowest BCUT2D eigenvalue weighted by Crippen LogP contribution is -2.47. The number of benzene rings is 1. The highest BCUT2D eigenvalue weighted by molar-refractivity contribution is 7.51. The van der Waals surface area contributed by atoms with Gasteiger partial charge in [0.25, 0.3) is 11.8 Å². The highest BCUT2D eigenvalue weighted by Crippen LogP contribution is 2.32. The molecule has 1 aromatic heterocycles. The van der Waals surface area contributed by atoms with E-state index in [1.807, 2.05) is 6.92 Å². The number of rotatable bonds is 16. The molecule has 13 nitrogen and oxygen atoms in total. The summed E-state index contributed by atoms with van der Waals surface area (Å²) in [5.41, 5.74) is 0.737. The lowest BCUT2D eigenvalue weighted by Gasteiger charge is -2.29. The zero-order valence-electron chi connectivity index (χ0n) is 21.8. The van der Waals surface area contributed by atoms with Crippen molar-refractivity contribution in [1.82, 2.24) is 21.0 Å². The van der Waals surface area contributed by atoms with Gasteiger partial charge in [0.15, 0.2) is 5.76 Å². The van der Waals surface area contributed by atoms with Crippen LogP contribution in [0.5, 0.6) is 0 Å². The average molecular weight is 567 g/mol. The third-order valence-corrected chi connectivity index (χ3v) is 6.57. The summed E-state index contributed by atoms with van der Waals surface area (Å²) < 4.78 is 16.5. The van der Waals surface area contributed by atoms with Crippen molar-refractivity contribution in [2.45, 2.75) is 52.0 Å². The highest BCUT2D eigenvalue weighted by atomic mass is 31.2. The molecule has 4 amide bonds. The molecule has 2 rings (SSSR count). The van der Waals surface area contributed by atoms with Crippen LogP contribution in [0.25, 0.3) is 11.3 Å². The summed E-state index contributed by atoms with van der Waals surface area (Å²) in [7, 11) is -4.37. The Morgan fingerprint density at radius 1 is 1.00 bits per heavy atom. The van der Waals surface area contributed by atoms with E-state index >= 15 is 0 Å². The van der Waals surface area contributed by atoms with Crippen LogP contribution in [-0.2, 0) is 14.2 Å². The second kappa shape index (κ2) is 15.2. The minimum absolute atomic E-state index is 0.0175. The Labute approximate surface area is 226 Å². The van der Waals surface area contributed by atoms with Crippen molar-refractivity contribution in [1.29, 1.82) is 0 Å². The Balaban J connectivity index is 1.95. The van der Waals surface area contributed by atoms with E-state index in [2.05, 4.69) is 16.0 Å². The summed E-state index contributed by atoms with van der Waals surface area (Å²) >= 11 is 0. The fraction of sp³-hybridized carbons (Fsp3) is 0.440. The van der Waals surface area contributed by atoms with Crippen LogP contribution >= 0.6 is 7.60 Å². The number of hydrogen-bond acceptors (Lipinski definition) is 7. The maximum absolute atomic E-state index is 12.8. The maximum atomic E-state index is 12.8. The van der Waals surface area contributed by atoms with Crippen molar-refractivity contribution in [2.24, 2.45) is 5.92 Å². The number of carbonyl (C=O) groups is 4. The summed E-state index contributed by atoms with van der Waals surface area (Å²) in [6.07, 6.45) is 2.95. The van der Waals surface area contributed by atoms with E-state index in [9.17, 15) is 29.0 Å². The molecular formula is C25H35N4O9P. The minimum atomic E-state index is -4.37. The van der Waals surface area contributed by atoms with E-state index in [-0.39, 0.29) is 24.4 Å². The molecule has 0 radical (unpaired) electrons. The van der Waals surface area contributed by atoms with E-state index in [1.54, 1.807) is 25.1 Å². The lowest BCUT2D eigenvalue weighted by atomic mass is 9.90. The normalized spacial score (nSPS) is 12.7. The standard InChI is InChI=1S/C25H35N4O9P/c1-3-5-6-7-19(20(4-2)29(34)16-30)24(32)26-14-27-25(33)22-13-12-21(38-22)17-8-10-18(11-9-17)23(31)28-15-39(35,36)37/h8-13,16,19-20,34H,3-7,14-15H2,1-2H3,(H,26,32)(H,27,33)(H,28,31)(H2,35,36,37). The average Bonchev–Trinajstić information content (AvgIpc) is 3.41. The van der Waals surface area contributed by atoms with Crippen LogP contribution < -0.4 is 16.0 Å². The van der Waals surface area contributed by atoms with Gasteiger partial charge in [-0.1, -0.05) is 45.2 Å². The van der Waals surface area contributed by atoms with Gasteiger partial charge in [-0.2, -0.15) is 0 Å². The Morgan fingerprint density at radius 3 is 2.28 bits per heavy atom. The van der Waals surface area contributed by atoms with Crippen LogP contribution in [0.4, 0.5) is 0 Å². The molecule has 1 aromatic carbocycles. The van der Waals surface area contributed by atoms with E-state index in [0.717, 1.165) is 19.3 Å². The fourth-order valence-corrected chi connectivity index (χ4v) is 4.30. The van der Waals surface area contributed by atoms with Crippen molar-refractivity contribution in [3.63, 3.8) is 0 Å². The molecule has 1 heterocycles. The van der Waals surface area contributed by atoms with Crippen molar-refractivity contribution in [3.8, 4) is 11.3 Å². The number of hydroxylamine groups is 2. The number of amides is 4. The third kappa shape index (κ3) is 9.95. The second-order valence-corrected chi connectivity index (χ2v) is 10.5. The molecule has 0 bridgehead atoms. The van der Waals surface area contributed by atoms with Gasteiger partial charge in [-0.3, -0.25) is 29.0 Å². The van der Waals surface area contributed by atoms with Crippen LogP contribution in [0.3, 0.4) is 0 Å². The van der Waals surface area contributed by atoms with Crippen LogP contribution in [0.15, 0.2) is 40.8 Å². The Morgan fingerprint density at radius 2 is 1.69 bits per heavy atom. The first-order chi connectivity index (χ1) is 18.5. The molecule has 0 fully saturated rings. The molecule has 0 spiro atoms. The Bertz CT molecular complexity index is 1160. The number of nitrogens with one attached hydrogen (secondary N) is 3. The molecule has 6 N–H and O–H groups in total. The molecule has 0 aliphatic carbocycles. The molecule has 0 saturated heterocycles. The maximum Gasteiger partial charge on any atom is 0.344 e. The quantitative estimate of drug-likeness (QED) is 0.0441. The van der Waals surface area contributed by atoms with Crippen molar-refractivity contribution >= 4 is 31.7 Å². The van der Waals surface area contributed by atoms with Crippen LogP contribution in [-0.4, -0.2) is 63.2 Å². The minimum Gasteiger partial charge on any atom is -0.451 e. The van der Waals surface area contributed by atoms with Crippen LogP contribution in [0.2, 0.25) is 0 Å². The molecule has 214 valence electrons. The zero-order chi connectivity index (χ0) is 29.0. The number of nitrogens with zero attached hydrogens (tertiary/aromatic N) is 1. The molecule has 2 atom stereocenters. The predicted molar refractivity (Wildman–Crippen MR) is 140 cm³/mol. The molecule has 0 saturated carbocycles. The van der Waals surface area contributed by atoms with E-state index in [0.29, 0.717) is 29.2 Å². The van der Waals surface area contributed by atoms with Gasteiger partial charge in [-0.25, -0.2) is 5.06 Å². The fourth-order valence-electron chi connectivity index (χ4n) is 3.95. The van der Waals surface area contributed by atoms with Gasteiger partial charge in [-0.05, 0) is 37.1 Å². The van der Waals surface area contributed by atoms with Gasteiger partial charge in [-0.15, -0.1) is 0 Å². The molecule has 39 heavy (non-hydrogen) atoms. The summed E-state index contributed by atoms with van der Waals surface area (Å²) in [6, 6.07) is 8.32. The second-order valence-electron chi connectivity index (χ2n) is 8.86. The molecule has 2 aromatic rings. The van der Waals surface area contributed by atoms with Gasteiger partial charge in [0, 0.05) is 11.1 Å². The lowest BCUT2D eigenvalue weighted by molar-refractivity contribution is -0.168. The summed E-state index contributed by atoms with van der Waals surface area (Å²) in [5.74, 6) is -1.96. The first-order valence-electron chi connectivity index (χ1n) is 12.5. The number of unbranched alkanes of at least 4 members (excludes halogenated alkanes) is 2. The van der Waals surface area contributed by atoms with Gasteiger partial charge in [0.05, 0.1) is 18.6 Å². The summed E-state index contributed by atoms with van der Waals surface area (Å²) in [4.78, 5) is 66.2. The van der Waals surface area contributed by atoms with E-state index < -0.39 is 43.6 Å². The molecular weight excluding hydrogens is 531 g/mol. The van der Waals surface area contributed by atoms with E-state index in [4.69, 9.17) is 14.2 Å².